The van der Waals surface area contributed by atoms with E-state index in [1.807, 2.05) is 18.2 Å². The predicted molar refractivity (Wildman–Crippen MR) is 105 cm³/mol. The number of rotatable bonds is 6. The van der Waals surface area contributed by atoms with Crippen LogP contribution in [-0.2, 0) is 13.0 Å². The minimum atomic E-state index is 0. The summed E-state index contributed by atoms with van der Waals surface area (Å²) < 4.78 is 6.31. The van der Waals surface area contributed by atoms with Gasteiger partial charge in [-0.2, -0.15) is 4.98 Å². The van der Waals surface area contributed by atoms with Crippen LogP contribution in [0.3, 0.4) is 0 Å². The van der Waals surface area contributed by atoms with E-state index in [4.69, 9.17) is 21.8 Å². The molecular weight excluding hydrogens is 391 g/mol. The number of nitrogens with two attached hydrogens (primary N) is 1. The maximum Gasteiger partial charge on any atom is 0.224 e. The van der Waals surface area contributed by atoms with E-state index in [1.54, 1.807) is 17.6 Å². The van der Waals surface area contributed by atoms with E-state index in [-0.39, 0.29) is 36.1 Å². The van der Waals surface area contributed by atoms with Crippen LogP contribution in [0.1, 0.15) is 24.0 Å². The van der Waals surface area contributed by atoms with E-state index in [0.717, 1.165) is 34.6 Å². The highest BCUT2D eigenvalue weighted by atomic mass is 35.5. The summed E-state index contributed by atoms with van der Waals surface area (Å²) in [6, 6.07) is 5.97. The van der Waals surface area contributed by atoms with Crippen molar-refractivity contribution in [1.29, 1.82) is 0 Å². The minimum Gasteiger partial charge on any atom is -0.467 e. The second-order valence-electron chi connectivity index (χ2n) is 5.07. The number of hydrogen-bond donors (Lipinski definition) is 2. The highest BCUT2D eigenvalue weighted by Crippen LogP contribution is 2.31. The number of furan rings is 1. The summed E-state index contributed by atoms with van der Waals surface area (Å²) in [6.45, 7) is 2.64. The van der Waals surface area contributed by atoms with Gasteiger partial charge in [-0.15, -0.1) is 36.2 Å². The van der Waals surface area contributed by atoms with Crippen molar-refractivity contribution in [2.45, 2.75) is 32.4 Å². The van der Waals surface area contributed by atoms with Crippen molar-refractivity contribution in [3.63, 3.8) is 0 Å². The Labute approximate surface area is 161 Å². The third-order valence-electron chi connectivity index (χ3n) is 3.39. The van der Waals surface area contributed by atoms with Gasteiger partial charge in [0, 0.05) is 10.9 Å². The van der Waals surface area contributed by atoms with Crippen LogP contribution >= 0.6 is 47.8 Å². The van der Waals surface area contributed by atoms with Crippen LogP contribution in [0, 0.1) is 0 Å². The van der Waals surface area contributed by atoms with Gasteiger partial charge in [-0.3, -0.25) is 0 Å². The van der Waals surface area contributed by atoms with Crippen molar-refractivity contribution in [2.75, 3.05) is 5.32 Å². The molecule has 0 amide bonds. The van der Waals surface area contributed by atoms with Gasteiger partial charge in [0.1, 0.15) is 11.6 Å². The average Bonchev–Trinajstić information content (AvgIpc) is 3.13. The molecule has 3 N–H and O–H groups in total. The van der Waals surface area contributed by atoms with Gasteiger partial charge in [-0.1, -0.05) is 6.92 Å². The Morgan fingerprint density at radius 3 is 2.83 bits per heavy atom. The minimum absolute atomic E-state index is 0. The molecule has 3 rings (SSSR count). The number of anilines is 1. The van der Waals surface area contributed by atoms with Crippen LogP contribution in [0.4, 0.5) is 5.82 Å². The Bertz CT molecular complexity index is 764. The normalized spacial score (nSPS) is 11.6. The van der Waals surface area contributed by atoms with Crippen LogP contribution in [-0.4, -0.2) is 16.0 Å². The summed E-state index contributed by atoms with van der Waals surface area (Å²) in [5.74, 6) is 1.57. The molecule has 0 spiro atoms. The molecule has 0 bridgehead atoms. The van der Waals surface area contributed by atoms with Gasteiger partial charge in [-0.25, -0.2) is 4.98 Å². The summed E-state index contributed by atoms with van der Waals surface area (Å²) in [5, 5.41) is 3.50. The molecule has 0 aromatic carbocycles. The van der Waals surface area contributed by atoms with E-state index < -0.39 is 0 Å². The number of aromatic nitrogens is 2. The van der Waals surface area contributed by atoms with Crippen molar-refractivity contribution in [3.8, 4) is 0 Å². The molecule has 0 aliphatic rings. The number of nitrogens with one attached hydrogen (secondary N) is 1. The van der Waals surface area contributed by atoms with E-state index in [0.29, 0.717) is 6.54 Å². The molecule has 3 heterocycles. The lowest BCUT2D eigenvalue weighted by Gasteiger charge is -2.05. The zero-order valence-corrected chi connectivity index (χ0v) is 16.2. The van der Waals surface area contributed by atoms with Gasteiger partial charge in [0.05, 0.1) is 23.0 Å². The smallest absolute Gasteiger partial charge is 0.224 e. The zero-order chi connectivity index (χ0) is 15.5. The number of nitrogens with zero attached hydrogens (tertiary/aromatic N) is 2. The van der Waals surface area contributed by atoms with Crippen LogP contribution < -0.4 is 11.1 Å². The van der Waals surface area contributed by atoms with Gasteiger partial charge < -0.3 is 15.5 Å². The third-order valence-corrected chi connectivity index (χ3v) is 4.72. The van der Waals surface area contributed by atoms with Gasteiger partial charge in [0.15, 0.2) is 0 Å². The Morgan fingerprint density at radius 1 is 1.38 bits per heavy atom. The predicted octanol–water partition coefficient (Wildman–Crippen LogP) is 4.67. The van der Waals surface area contributed by atoms with E-state index in [9.17, 15) is 0 Å². The van der Waals surface area contributed by atoms with Crippen LogP contribution in [0.25, 0.3) is 10.2 Å². The lowest BCUT2D eigenvalue weighted by atomic mass is 10.1. The van der Waals surface area contributed by atoms with E-state index in [2.05, 4.69) is 22.2 Å². The summed E-state index contributed by atoms with van der Waals surface area (Å²) in [4.78, 5) is 9.79. The SMILES string of the molecule is CCC(N)Cc1cc2nc(Cl)nc(NCc3ccco3)c2s1.Cl.Cl. The largest absolute Gasteiger partial charge is 0.467 e. The highest BCUT2D eigenvalue weighted by Gasteiger charge is 2.13. The molecule has 0 aliphatic heterocycles. The van der Waals surface area contributed by atoms with Crippen LogP contribution in [0.15, 0.2) is 28.9 Å². The first-order valence-electron chi connectivity index (χ1n) is 7.13. The molecule has 0 saturated carbocycles. The number of hydrogen-bond acceptors (Lipinski definition) is 6. The maximum atomic E-state index is 6.03. The standard InChI is InChI=1S/C15H17ClN4OS.2ClH/c1-2-9(17)6-11-7-12-13(22-11)14(20-15(16)19-12)18-8-10-4-3-5-21-10;;/h3-5,7,9H,2,6,8,17H2,1H3,(H,18,19,20);2*1H. The Morgan fingerprint density at radius 2 is 2.17 bits per heavy atom. The quantitative estimate of drug-likeness (QED) is 0.578. The van der Waals surface area contributed by atoms with E-state index >= 15 is 0 Å². The number of halogens is 3. The topological polar surface area (TPSA) is 77.0 Å². The fraction of sp³-hybridized carbons (Fsp3) is 0.333. The summed E-state index contributed by atoms with van der Waals surface area (Å²) in [6.07, 6.45) is 3.44. The second-order valence-corrected chi connectivity index (χ2v) is 6.55. The third kappa shape index (κ3) is 4.97. The Hall–Kier alpha value is -1.05. The first-order valence-corrected chi connectivity index (χ1v) is 8.33. The molecule has 0 radical (unpaired) electrons. The second kappa shape index (κ2) is 9.44. The Balaban J connectivity index is 0.00000144. The van der Waals surface area contributed by atoms with Gasteiger partial charge in [-0.05, 0) is 42.6 Å². The summed E-state index contributed by atoms with van der Waals surface area (Å²) >= 11 is 7.68. The molecule has 132 valence electrons. The Kier molecular flexibility index (Phi) is 8.26. The van der Waals surface area contributed by atoms with Gasteiger partial charge in [0.2, 0.25) is 5.28 Å². The fourth-order valence-corrected chi connectivity index (χ4v) is 3.49. The van der Waals surface area contributed by atoms with Crippen LogP contribution in [0.5, 0.6) is 0 Å². The molecule has 0 saturated heterocycles. The first kappa shape index (κ1) is 21.0. The maximum absolute atomic E-state index is 6.03. The molecular formula is C15H19Cl3N4OS. The first-order chi connectivity index (χ1) is 10.7. The van der Waals surface area contributed by atoms with Crippen molar-refractivity contribution in [2.24, 2.45) is 5.73 Å². The number of thiophene rings is 1. The zero-order valence-electron chi connectivity index (χ0n) is 13.0. The lowest BCUT2D eigenvalue weighted by molar-refractivity contribution is 0.518. The van der Waals surface area contributed by atoms with Crippen molar-refractivity contribution >= 4 is 63.8 Å². The average molecular weight is 410 g/mol. The van der Waals surface area contributed by atoms with Crippen molar-refractivity contribution in [3.05, 3.63) is 40.4 Å². The summed E-state index contributed by atoms with van der Waals surface area (Å²) in [7, 11) is 0. The summed E-state index contributed by atoms with van der Waals surface area (Å²) in [5.41, 5.74) is 6.89. The molecule has 5 nitrogen and oxygen atoms in total. The molecule has 1 atom stereocenters. The monoisotopic (exact) mass is 408 g/mol. The molecule has 3 aromatic rings. The lowest BCUT2D eigenvalue weighted by Crippen LogP contribution is -2.20. The van der Waals surface area contributed by atoms with Crippen molar-refractivity contribution < 1.29 is 4.42 Å². The molecule has 3 aromatic heterocycles. The molecule has 1 unspecified atom stereocenters. The number of fused-ring (bicyclic) bond motifs is 1. The van der Waals surface area contributed by atoms with Crippen LogP contribution in [0.2, 0.25) is 5.28 Å². The molecule has 24 heavy (non-hydrogen) atoms. The molecule has 0 aliphatic carbocycles. The fourth-order valence-electron chi connectivity index (χ4n) is 2.16. The van der Waals surface area contributed by atoms with Crippen molar-refractivity contribution in [1.82, 2.24) is 9.97 Å². The molecule has 0 fully saturated rings. The molecule has 9 heteroatoms. The van der Waals surface area contributed by atoms with Gasteiger partial charge in [0.25, 0.3) is 0 Å². The van der Waals surface area contributed by atoms with Gasteiger partial charge >= 0.3 is 0 Å². The van der Waals surface area contributed by atoms with E-state index in [1.165, 1.54) is 4.88 Å². The highest BCUT2D eigenvalue weighted by molar-refractivity contribution is 7.19.